The third kappa shape index (κ3) is 5.13. The van der Waals surface area contributed by atoms with E-state index in [1.54, 1.807) is 11.8 Å². The first-order valence-electron chi connectivity index (χ1n) is 13.9. The summed E-state index contributed by atoms with van der Waals surface area (Å²) in [5, 5.41) is 27.7. The van der Waals surface area contributed by atoms with Gasteiger partial charge in [-0.15, -0.1) is 0 Å². The van der Waals surface area contributed by atoms with Crippen molar-refractivity contribution in [3.63, 3.8) is 0 Å². The van der Waals surface area contributed by atoms with Crippen molar-refractivity contribution in [3.05, 3.63) is 71.0 Å². The lowest BCUT2D eigenvalue weighted by Crippen LogP contribution is -2.63. The molecule has 1 atom stereocenters. The van der Waals surface area contributed by atoms with Gasteiger partial charge in [0.25, 0.3) is 5.89 Å². The number of carbonyl (C=O) groups excluding carboxylic acids is 1. The zero-order valence-corrected chi connectivity index (χ0v) is 23.6. The molecule has 2 aliphatic heterocycles. The second-order valence-corrected chi connectivity index (χ2v) is 12.2. The van der Waals surface area contributed by atoms with Crippen LogP contribution >= 0.6 is 0 Å². The molecule has 3 heterocycles. The Morgan fingerprint density at radius 3 is 2.36 bits per heavy atom. The third-order valence-electron chi connectivity index (χ3n) is 8.73. The summed E-state index contributed by atoms with van der Waals surface area (Å²) in [7, 11) is 2.07. The maximum Gasteiger partial charge on any atom is 0.257 e. The summed E-state index contributed by atoms with van der Waals surface area (Å²) in [5.41, 5.74) is 1.04. The quantitative estimate of drug-likeness (QED) is 0.475. The van der Waals surface area contributed by atoms with E-state index in [9.17, 15) is 15.0 Å². The zero-order valence-electron chi connectivity index (χ0n) is 23.6. The van der Waals surface area contributed by atoms with Gasteiger partial charge < -0.3 is 24.5 Å². The zero-order chi connectivity index (χ0) is 28.0. The predicted octanol–water partition coefficient (Wildman–Crippen LogP) is 3.96. The molecule has 2 saturated heterocycles. The molecule has 0 aliphatic carbocycles. The number of aliphatic hydroxyl groups is 2. The molecule has 1 aromatic heterocycles. The van der Waals surface area contributed by atoms with Crippen molar-refractivity contribution in [2.24, 2.45) is 5.41 Å². The summed E-state index contributed by atoms with van der Waals surface area (Å²) in [6.45, 7) is 10.6. The van der Waals surface area contributed by atoms with Gasteiger partial charge in [0.2, 0.25) is 5.91 Å². The Hall–Kier alpha value is -3.07. The Balaban J connectivity index is 1.43. The minimum atomic E-state index is -1.21. The maximum atomic E-state index is 12.5. The number of amides is 1. The van der Waals surface area contributed by atoms with Gasteiger partial charge in [-0.2, -0.15) is 4.98 Å². The van der Waals surface area contributed by atoms with Crippen LogP contribution in [0.1, 0.15) is 69.0 Å². The molecule has 3 aromatic rings. The van der Waals surface area contributed by atoms with Gasteiger partial charge in [-0.25, -0.2) is 0 Å². The van der Waals surface area contributed by atoms with Crippen molar-refractivity contribution in [1.82, 2.24) is 19.9 Å². The first-order valence-corrected chi connectivity index (χ1v) is 13.9. The lowest BCUT2D eigenvalue weighted by Gasteiger charge is -2.56. The highest BCUT2D eigenvalue weighted by molar-refractivity contribution is 5.73. The minimum absolute atomic E-state index is 0.0250. The molecule has 5 rings (SSSR count). The molecule has 0 bridgehead atoms. The number of nitrogens with zero attached hydrogens (tertiary/aromatic N) is 4. The SMILES string of the molecule is CC(=O)N1CCC(O)(Cc2noc(-c3cccc([C@@](O)(c4ccc(C(C)C)cc4)C4(C)CN(C)C4)c3)n2)CC1. The van der Waals surface area contributed by atoms with E-state index in [1.165, 1.54) is 5.56 Å². The first kappa shape index (κ1) is 27.5. The summed E-state index contributed by atoms with van der Waals surface area (Å²) in [4.78, 5) is 20.2. The van der Waals surface area contributed by atoms with Crippen molar-refractivity contribution >= 4 is 5.91 Å². The number of aromatic nitrogens is 2. The van der Waals surface area contributed by atoms with Gasteiger partial charge in [0.05, 0.1) is 5.60 Å². The number of likely N-dealkylation sites (tertiary alicyclic amines) is 2. The van der Waals surface area contributed by atoms with Crippen LogP contribution in [0.25, 0.3) is 11.5 Å². The van der Waals surface area contributed by atoms with E-state index in [1.807, 2.05) is 24.3 Å². The molecule has 2 aromatic carbocycles. The van der Waals surface area contributed by atoms with Gasteiger partial charge >= 0.3 is 0 Å². The number of benzene rings is 2. The summed E-state index contributed by atoms with van der Waals surface area (Å²) in [6.07, 6.45) is 1.21. The van der Waals surface area contributed by atoms with E-state index in [2.05, 4.69) is 67.1 Å². The molecule has 0 radical (unpaired) electrons. The number of hydrogen-bond acceptors (Lipinski definition) is 7. The number of rotatable bonds is 7. The number of piperidine rings is 1. The second-order valence-electron chi connectivity index (χ2n) is 12.2. The third-order valence-corrected chi connectivity index (χ3v) is 8.73. The van der Waals surface area contributed by atoms with Crippen LogP contribution < -0.4 is 0 Å². The molecular formula is C31H40N4O4. The fraction of sp³-hybridized carbons (Fsp3) is 0.516. The van der Waals surface area contributed by atoms with Crippen LogP contribution in [-0.2, 0) is 16.8 Å². The molecule has 208 valence electrons. The average Bonchev–Trinajstić information content (AvgIpc) is 3.35. The molecule has 8 nitrogen and oxygen atoms in total. The minimum Gasteiger partial charge on any atom is -0.389 e. The topological polar surface area (TPSA) is 103 Å². The van der Waals surface area contributed by atoms with E-state index < -0.39 is 11.2 Å². The van der Waals surface area contributed by atoms with Crippen molar-refractivity contribution in [2.75, 3.05) is 33.2 Å². The summed E-state index contributed by atoms with van der Waals surface area (Å²) in [6, 6.07) is 16.0. The molecule has 2 aliphatic rings. The molecule has 0 saturated carbocycles. The van der Waals surface area contributed by atoms with E-state index in [-0.39, 0.29) is 17.7 Å². The summed E-state index contributed by atoms with van der Waals surface area (Å²) in [5.74, 6) is 1.22. The number of hydrogen-bond donors (Lipinski definition) is 2. The molecule has 8 heteroatoms. The van der Waals surface area contributed by atoms with Gasteiger partial charge in [-0.1, -0.05) is 62.3 Å². The fourth-order valence-corrected chi connectivity index (χ4v) is 6.38. The molecule has 0 unspecified atom stereocenters. The highest BCUT2D eigenvalue weighted by atomic mass is 16.5. The van der Waals surface area contributed by atoms with Gasteiger partial charge in [0, 0.05) is 50.5 Å². The number of carbonyl (C=O) groups is 1. The van der Waals surface area contributed by atoms with E-state index in [0.29, 0.717) is 43.6 Å². The molecule has 39 heavy (non-hydrogen) atoms. The predicted molar refractivity (Wildman–Crippen MR) is 149 cm³/mol. The van der Waals surface area contributed by atoms with E-state index in [0.717, 1.165) is 29.8 Å². The Labute approximate surface area is 230 Å². The monoisotopic (exact) mass is 532 g/mol. The van der Waals surface area contributed by atoms with Crippen LogP contribution in [0.5, 0.6) is 0 Å². The van der Waals surface area contributed by atoms with Gasteiger partial charge in [-0.3, -0.25) is 4.79 Å². The summed E-state index contributed by atoms with van der Waals surface area (Å²) < 4.78 is 5.63. The van der Waals surface area contributed by atoms with Crippen LogP contribution in [0.3, 0.4) is 0 Å². The van der Waals surface area contributed by atoms with Crippen molar-refractivity contribution in [1.29, 1.82) is 0 Å². The van der Waals surface area contributed by atoms with Crippen LogP contribution in [-0.4, -0.2) is 74.9 Å². The smallest absolute Gasteiger partial charge is 0.257 e. The molecule has 2 N–H and O–H groups in total. The van der Waals surface area contributed by atoms with Gasteiger partial charge in [0.15, 0.2) is 5.82 Å². The largest absolute Gasteiger partial charge is 0.389 e. The highest BCUT2D eigenvalue weighted by Gasteiger charge is 2.55. The lowest BCUT2D eigenvalue weighted by molar-refractivity contribution is -0.133. The molecular weight excluding hydrogens is 492 g/mol. The van der Waals surface area contributed by atoms with Crippen LogP contribution in [0, 0.1) is 5.41 Å². The first-order chi connectivity index (χ1) is 18.4. The Morgan fingerprint density at radius 2 is 1.77 bits per heavy atom. The lowest BCUT2D eigenvalue weighted by atomic mass is 9.62. The van der Waals surface area contributed by atoms with E-state index in [4.69, 9.17) is 4.52 Å². The van der Waals surface area contributed by atoms with Crippen LogP contribution in [0.4, 0.5) is 0 Å². The Bertz CT molecular complexity index is 1320. The van der Waals surface area contributed by atoms with Crippen LogP contribution in [0.2, 0.25) is 0 Å². The maximum absolute atomic E-state index is 12.5. The standard InChI is InChI=1S/C31H40N4O4/c1-21(2)23-9-11-25(12-10-23)31(38,29(4)19-34(5)20-29)26-8-6-7-24(17-26)28-32-27(33-39-28)18-30(37)13-15-35(16-14-30)22(3)36/h6-12,17,21,37-38H,13-16,18-20H2,1-5H3/t31-/m0/s1. The van der Waals surface area contributed by atoms with Gasteiger partial charge in [-0.05, 0) is 54.6 Å². The Morgan fingerprint density at radius 1 is 1.10 bits per heavy atom. The van der Waals surface area contributed by atoms with Crippen molar-refractivity contribution in [3.8, 4) is 11.5 Å². The molecule has 2 fully saturated rings. The van der Waals surface area contributed by atoms with Gasteiger partial charge in [0.1, 0.15) is 5.60 Å². The Kier molecular flexibility index (Phi) is 7.16. The van der Waals surface area contributed by atoms with Crippen LogP contribution in [0.15, 0.2) is 53.1 Å². The van der Waals surface area contributed by atoms with Crippen molar-refractivity contribution in [2.45, 2.75) is 64.1 Å². The van der Waals surface area contributed by atoms with E-state index >= 15 is 0 Å². The second kappa shape index (κ2) is 10.2. The highest BCUT2D eigenvalue weighted by Crippen LogP contribution is 2.50. The summed E-state index contributed by atoms with van der Waals surface area (Å²) >= 11 is 0. The average molecular weight is 533 g/mol. The normalized spacial score (nSPS) is 20.5. The van der Waals surface area contributed by atoms with Crippen molar-refractivity contribution < 1.29 is 19.5 Å². The fourth-order valence-electron chi connectivity index (χ4n) is 6.38. The molecule has 0 spiro atoms. The molecule has 1 amide bonds.